The fourth-order valence-corrected chi connectivity index (χ4v) is 4.23. The van der Waals surface area contributed by atoms with Crippen molar-refractivity contribution in [2.75, 3.05) is 5.75 Å². The summed E-state index contributed by atoms with van der Waals surface area (Å²) < 4.78 is 0. The Bertz CT molecular complexity index is 1070. The number of hydrazone groups is 1. The molecule has 10 heteroatoms. The number of nitrogens with one attached hydrogen (secondary N) is 2. The molecule has 3 aromatic rings. The Labute approximate surface area is 192 Å². The molecule has 0 saturated carbocycles. The van der Waals surface area contributed by atoms with E-state index in [0.717, 1.165) is 10.4 Å². The lowest BCUT2D eigenvalue weighted by Gasteiger charge is -2.17. The number of nitro benzene ring substituents is 1. The number of thioether (sulfide) groups is 1. The summed E-state index contributed by atoms with van der Waals surface area (Å²) in [5.41, 5.74) is 3.69. The van der Waals surface area contributed by atoms with Crippen molar-refractivity contribution >= 4 is 46.8 Å². The fraction of sp³-hybridized carbons (Fsp3) is 0.136. The van der Waals surface area contributed by atoms with Crippen molar-refractivity contribution in [2.45, 2.75) is 11.8 Å². The molecule has 1 aromatic heterocycles. The van der Waals surface area contributed by atoms with Gasteiger partial charge in [0.25, 0.3) is 17.5 Å². The number of benzene rings is 2. The van der Waals surface area contributed by atoms with Gasteiger partial charge >= 0.3 is 0 Å². The molecule has 0 bridgehead atoms. The van der Waals surface area contributed by atoms with E-state index < -0.39 is 22.8 Å². The number of carbonyl (C=O) groups is 2. The Hall–Kier alpha value is -3.50. The third-order valence-electron chi connectivity index (χ3n) is 4.27. The Balaban J connectivity index is 1.64. The van der Waals surface area contributed by atoms with Crippen molar-refractivity contribution in [1.29, 1.82) is 0 Å². The van der Waals surface area contributed by atoms with Crippen LogP contribution >= 0.6 is 23.1 Å². The highest BCUT2D eigenvalue weighted by atomic mass is 32.2. The van der Waals surface area contributed by atoms with E-state index in [-0.39, 0.29) is 11.3 Å². The molecule has 0 spiro atoms. The Kier molecular flexibility index (Phi) is 8.52. The van der Waals surface area contributed by atoms with Crippen molar-refractivity contribution in [2.24, 2.45) is 5.10 Å². The fourth-order valence-electron chi connectivity index (χ4n) is 2.63. The lowest BCUT2D eigenvalue weighted by Crippen LogP contribution is -2.47. The zero-order chi connectivity index (χ0) is 22.8. The Morgan fingerprint density at radius 3 is 2.50 bits per heavy atom. The SMILES string of the molecule is O=C(NC(CSCc1ccccc1)C(=O)N/N=C/c1cccs1)c1ccc([N+](=O)[O-])cc1. The van der Waals surface area contributed by atoms with Crippen LogP contribution in [0, 0.1) is 10.1 Å². The highest BCUT2D eigenvalue weighted by molar-refractivity contribution is 7.98. The predicted octanol–water partition coefficient (Wildman–Crippen LogP) is 3.84. The number of nitrogens with zero attached hydrogens (tertiary/aromatic N) is 2. The number of nitro groups is 1. The molecular weight excluding hydrogens is 448 g/mol. The summed E-state index contributed by atoms with van der Waals surface area (Å²) in [6.07, 6.45) is 1.54. The van der Waals surface area contributed by atoms with E-state index in [1.54, 1.807) is 0 Å². The van der Waals surface area contributed by atoms with E-state index in [4.69, 9.17) is 0 Å². The molecule has 1 heterocycles. The van der Waals surface area contributed by atoms with Crippen molar-refractivity contribution in [3.8, 4) is 0 Å². The standard InChI is InChI=1S/C22H20N4O4S2/c27-21(17-8-10-18(11-9-17)26(29)30)24-20(15-31-14-16-5-2-1-3-6-16)22(28)25-23-13-19-7-4-12-32-19/h1-13,20H,14-15H2,(H,24,27)(H,25,28)/b23-13+. The summed E-state index contributed by atoms with van der Waals surface area (Å²) in [6.45, 7) is 0. The number of thiophene rings is 1. The van der Waals surface area contributed by atoms with Crippen LogP contribution in [0.3, 0.4) is 0 Å². The smallest absolute Gasteiger partial charge is 0.269 e. The molecule has 164 valence electrons. The van der Waals surface area contributed by atoms with Gasteiger partial charge < -0.3 is 5.32 Å². The van der Waals surface area contributed by atoms with Gasteiger partial charge in [0.15, 0.2) is 0 Å². The maximum absolute atomic E-state index is 12.7. The molecule has 0 aliphatic rings. The number of amides is 2. The number of non-ortho nitro benzene ring substituents is 1. The summed E-state index contributed by atoms with van der Waals surface area (Å²) in [7, 11) is 0. The maximum Gasteiger partial charge on any atom is 0.269 e. The lowest BCUT2D eigenvalue weighted by molar-refractivity contribution is -0.384. The summed E-state index contributed by atoms with van der Waals surface area (Å²) in [5.74, 6) is 0.0565. The first-order valence-electron chi connectivity index (χ1n) is 9.56. The van der Waals surface area contributed by atoms with Gasteiger partial charge in [-0.05, 0) is 29.1 Å². The number of hydrogen-bond acceptors (Lipinski definition) is 7. The van der Waals surface area contributed by atoms with Crippen LogP contribution in [0.15, 0.2) is 77.2 Å². The van der Waals surface area contributed by atoms with Gasteiger partial charge in [0.1, 0.15) is 6.04 Å². The van der Waals surface area contributed by atoms with Crippen LogP contribution in [0.1, 0.15) is 20.8 Å². The van der Waals surface area contributed by atoms with Gasteiger partial charge in [0.2, 0.25) is 0 Å². The average Bonchev–Trinajstić information content (AvgIpc) is 3.32. The molecule has 2 N–H and O–H groups in total. The molecular formula is C22H20N4O4S2. The Morgan fingerprint density at radius 2 is 1.84 bits per heavy atom. The van der Waals surface area contributed by atoms with Gasteiger partial charge in [0, 0.05) is 34.1 Å². The minimum Gasteiger partial charge on any atom is -0.339 e. The second-order valence-electron chi connectivity index (χ2n) is 6.58. The summed E-state index contributed by atoms with van der Waals surface area (Å²) in [6, 6.07) is 17.9. The van der Waals surface area contributed by atoms with Crippen LogP contribution in [0.25, 0.3) is 0 Å². The minimum atomic E-state index is -0.841. The maximum atomic E-state index is 12.7. The zero-order valence-electron chi connectivity index (χ0n) is 16.8. The van der Waals surface area contributed by atoms with E-state index in [0.29, 0.717) is 11.5 Å². The summed E-state index contributed by atoms with van der Waals surface area (Å²) >= 11 is 2.99. The normalized spacial score (nSPS) is 11.8. The molecule has 0 saturated heterocycles. The monoisotopic (exact) mass is 468 g/mol. The van der Waals surface area contributed by atoms with Gasteiger partial charge in [-0.1, -0.05) is 36.4 Å². The average molecular weight is 469 g/mol. The van der Waals surface area contributed by atoms with E-state index in [1.807, 2.05) is 47.8 Å². The first-order valence-corrected chi connectivity index (χ1v) is 11.6. The molecule has 8 nitrogen and oxygen atoms in total. The quantitative estimate of drug-likeness (QED) is 0.267. The highest BCUT2D eigenvalue weighted by Gasteiger charge is 2.22. The van der Waals surface area contributed by atoms with Gasteiger partial charge in [0.05, 0.1) is 11.1 Å². The van der Waals surface area contributed by atoms with E-state index in [2.05, 4.69) is 15.8 Å². The van der Waals surface area contributed by atoms with E-state index in [9.17, 15) is 19.7 Å². The zero-order valence-corrected chi connectivity index (χ0v) is 18.5. The minimum absolute atomic E-state index is 0.114. The Morgan fingerprint density at radius 1 is 1.09 bits per heavy atom. The van der Waals surface area contributed by atoms with Crippen LogP contribution in [-0.4, -0.2) is 34.7 Å². The van der Waals surface area contributed by atoms with Gasteiger partial charge in [-0.25, -0.2) is 5.43 Å². The molecule has 0 aliphatic heterocycles. The van der Waals surface area contributed by atoms with Crippen molar-refractivity contribution in [1.82, 2.24) is 10.7 Å². The van der Waals surface area contributed by atoms with E-state index >= 15 is 0 Å². The van der Waals surface area contributed by atoms with Crippen molar-refractivity contribution in [3.05, 3.63) is 98.2 Å². The van der Waals surface area contributed by atoms with Crippen LogP contribution < -0.4 is 10.7 Å². The van der Waals surface area contributed by atoms with Crippen molar-refractivity contribution in [3.63, 3.8) is 0 Å². The van der Waals surface area contributed by atoms with Crippen LogP contribution in [0.2, 0.25) is 0 Å². The first kappa shape index (κ1) is 23.2. The largest absolute Gasteiger partial charge is 0.339 e. The molecule has 0 fully saturated rings. The van der Waals surface area contributed by atoms with Gasteiger partial charge in [-0.15, -0.1) is 11.3 Å². The molecule has 0 radical (unpaired) electrons. The lowest BCUT2D eigenvalue weighted by atomic mass is 10.2. The number of hydrogen-bond donors (Lipinski definition) is 2. The second kappa shape index (κ2) is 11.8. The molecule has 3 rings (SSSR count). The van der Waals surface area contributed by atoms with Crippen LogP contribution in [-0.2, 0) is 10.5 Å². The van der Waals surface area contributed by atoms with Crippen LogP contribution in [0.4, 0.5) is 5.69 Å². The molecule has 1 atom stereocenters. The first-order chi connectivity index (χ1) is 15.5. The topological polar surface area (TPSA) is 114 Å². The third-order valence-corrected chi connectivity index (χ3v) is 6.18. The second-order valence-corrected chi connectivity index (χ2v) is 8.59. The van der Waals surface area contributed by atoms with E-state index in [1.165, 1.54) is 53.6 Å². The molecule has 2 aromatic carbocycles. The van der Waals surface area contributed by atoms with Crippen molar-refractivity contribution < 1.29 is 14.5 Å². The number of rotatable bonds is 10. The molecule has 0 aliphatic carbocycles. The predicted molar refractivity (Wildman–Crippen MR) is 127 cm³/mol. The molecule has 1 unspecified atom stereocenters. The third kappa shape index (κ3) is 7.03. The summed E-state index contributed by atoms with van der Waals surface area (Å²) in [4.78, 5) is 36.5. The van der Waals surface area contributed by atoms with Gasteiger partial charge in [-0.3, -0.25) is 19.7 Å². The summed E-state index contributed by atoms with van der Waals surface area (Å²) in [5, 5.41) is 19.4. The van der Waals surface area contributed by atoms with Gasteiger partial charge in [-0.2, -0.15) is 16.9 Å². The van der Waals surface area contributed by atoms with Crippen LogP contribution in [0.5, 0.6) is 0 Å². The number of carbonyl (C=O) groups excluding carboxylic acids is 2. The molecule has 2 amide bonds. The molecule has 32 heavy (non-hydrogen) atoms. The highest BCUT2D eigenvalue weighted by Crippen LogP contribution is 2.15.